The Labute approximate surface area is 79.8 Å². The minimum atomic E-state index is -0.269. The van der Waals surface area contributed by atoms with Crippen LogP contribution >= 0.6 is 0 Å². The van der Waals surface area contributed by atoms with Crippen molar-refractivity contribution in [2.75, 3.05) is 6.67 Å². The highest BCUT2D eigenvalue weighted by Crippen LogP contribution is 2.22. The van der Waals surface area contributed by atoms with Crippen molar-refractivity contribution in [2.45, 2.75) is 32.6 Å². The van der Waals surface area contributed by atoms with E-state index in [9.17, 15) is 4.39 Å². The molecule has 0 unspecified atom stereocenters. The van der Waals surface area contributed by atoms with E-state index in [1.54, 1.807) is 0 Å². The summed E-state index contributed by atoms with van der Waals surface area (Å²) in [6.07, 6.45) is 0.532. The molecule has 0 N–H and O–H groups in total. The van der Waals surface area contributed by atoms with E-state index in [0.717, 1.165) is 5.56 Å². The fourth-order valence-electron chi connectivity index (χ4n) is 1.28. The average molecular weight is 180 g/mol. The maximum Gasteiger partial charge on any atom is 0.0934 e. The Morgan fingerprint density at radius 2 is 1.62 bits per heavy atom. The normalized spacial score (nSPS) is 11.7. The largest absolute Gasteiger partial charge is 0.251 e. The van der Waals surface area contributed by atoms with E-state index in [-0.39, 0.29) is 12.1 Å². The molecule has 0 amide bonds. The van der Waals surface area contributed by atoms with Crippen LogP contribution < -0.4 is 0 Å². The van der Waals surface area contributed by atoms with Crippen molar-refractivity contribution in [1.82, 2.24) is 0 Å². The van der Waals surface area contributed by atoms with Gasteiger partial charge in [-0.25, -0.2) is 0 Å². The standard InChI is InChI=1S/C12H17F/c1-12(2,3)11-6-4-10(5-7-11)8-9-13/h4-7H,8-9H2,1-3H3. The predicted molar refractivity (Wildman–Crippen MR) is 54.8 cm³/mol. The summed E-state index contributed by atoms with van der Waals surface area (Å²) >= 11 is 0. The van der Waals surface area contributed by atoms with Gasteiger partial charge in [-0.15, -0.1) is 0 Å². The first-order valence-electron chi connectivity index (χ1n) is 4.69. The number of alkyl halides is 1. The molecule has 0 saturated heterocycles. The molecule has 0 aliphatic rings. The highest BCUT2D eigenvalue weighted by molar-refractivity contribution is 5.27. The van der Waals surface area contributed by atoms with Crippen LogP contribution in [0.1, 0.15) is 31.9 Å². The number of benzene rings is 1. The van der Waals surface area contributed by atoms with Gasteiger partial charge in [0.25, 0.3) is 0 Å². The second-order valence-corrected chi connectivity index (χ2v) is 4.39. The molecule has 72 valence electrons. The van der Waals surface area contributed by atoms with Crippen LogP contribution in [0.15, 0.2) is 24.3 Å². The Kier molecular flexibility index (Phi) is 3.07. The van der Waals surface area contributed by atoms with E-state index < -0.39 is 0 Å². The predicted octanol–water partition coefficient (Wildman–Crippen LogP) is 3.50. The van der Waals surface area contributed by atoms with Crippen LogP contribution in [0.25, 0.3) is 0 Å². The molecule has 0 radical (unpaired) electrons. The van der Waals surface area contributed by atoms with Gasteiger partial charge in [-0.05, 0) is 16.5 Å². The summed E-state index contributed by atoms with van der Waals surface area (Å²) in [5, 5.41) is 0. The van der Waals surface area contributed by atoms with Crippen molar-refractivity contribution in [2.24, 2.45) is 0 Å². The average Bonchev–Trinajstić information content (AvgIpc) is 2.04. The van der Waals surface area contributed by atoms with E-state index >= 15 is 0 Å². The van der Waals surface area contributed by atoms with E-state index in [2.05, 4.69) is 32.9 Å². The summed E-state index contributed by atoms with van der Waals surface area (Å²) in [5.41, 5.74) is 2.57. The maximum atomic E-state index is 12.0. The van der Waals surface area contributed by atoms with Crippen molar-refractivity contribution >= 4 is 0 Å². The van der Waals surface area contributed by atoms with Crippen molar-refractivity contribution in [1.29, 1.82) is 0 Å². The quantitative estimate of drug-likeness (QED) is 0.653. The highest BCUT2D eigenvalue weighted by atomic mass is 19.1. The minimum absolute atomic E-state index is 0.189. The van der Waals surface area contributed by atoms with Gasteiger partial charge in [-0.1, -0.05) is 45.0 Å². The molecular formula is C12H17F. The molecular weight excluding hydrogens is 163 g/mol. The molecule has 0 spiro atoms. The zero-order valence-electron chi connectivity index (χ0n) is 8.60. The smallest absolute Gasteiger partial charge is 0.0934 e. The zero-order valence-corrected chi connectivity index (χ0v) is 8.60. The van der Waals surface area contributed by atoms with Crippen LogP contribution in [0.2, 0.25) is 0 Å². The molecule has 0 heterocycles. The first kappa shape index (κ1) is 10.2. The van der Waals surface area contributed by atoms with Gasteiger partial charge < -0.3 is 0 Å². The Hall–Kier alpha value is -0.850. The maximum absolute atomic E-state index is 12.0. The fourth-order valence-corrected chi connectivity index (χ4v) is 1.28. The number of rotatable bonds is 2. The fraction of sp³-hybridized carbons (Fsp3) is 0.500. The summed E-state index contributed by atoms with van der Waals surface area (Å²) in [6.45, 7) is 6.26. The second kappa shape index (κ2) is 3.91. The lowest BCUT2D eigenvalue weighted by Crippen LogP contribution is -2.10. The first-order valence-corrected chi connectivity index (χ1v) is 4.69. The monoisotopic (exact) mass is 180 g/mol. The molecule has 0 bridgehead atoms. The number of halogens is 1. The molecule has 1 rings (SSSR count). The van der Waals surface area contributed by atoms with E-state index in [1.165, 1.54) is 5.56 Å². The van der Waals surface area contributed by atoms with Gasteiger partial charge in [0.2, 0.25) is 0 Å². The zero-order chi connectivity index (χ0) is 9.90. The summed E-state index contributed by atoms with van der Waals surface area (Å²) in [5.74, 6) is 0. The SMILES string of the molecule is CC(C)(C)c1ccc(CCF)cc1. The summed E-state index contributed by atoms with van der Waals surface area (Å²) in [7, 11) is 0. The number of aryl methyl sites for hydroxylation is 1. The van der Waals surface area contributed by atoms with E-state index in [4.69, 9.17) is 0 Å². The lowest BCUT2D eigenvalue weighted by atomic mass is 9.86. The minimum Gasteiger partial charge on any atom is -0.251 e. The highest BCUT2D eigenvalue weighted by Gasteiger charge is 2.12. The molecule has 0 nitrogen and oxygen atoms in total. The summed E-state index contributed by atoms with van der Waals surface area (Å²) in [4.78, 5) is 0. The molecule has 0 aliphatic carbocycles. The van der Waals surface area contributed by atoms with Crippen LogP contribution in [0, 0.1) is 0 Å². The van der Waals surface area contributed by atoms with E-state index in [0.29, 0.717) is 6.42 Å². The van der Waals surface area contributed by atoms with Crippen LogP contribution in [0.5, 0.6) is 0 Å². The lowest BCUT2D eigenvalue weighted by Gasteiger charge is -2.18. The number of hydrogen-bond acceptors (Lipinski definition) is 0. The van der Waals surface area contributed by atoms with Gasteiger partial charge in [0.05, 0.1) is 6.67 Å². The van der Waals surface area contributed by atoms with Crippen LogP contribution in [-0.4, -0.2) is 6.67 Å². The van der Waals surface area contributed by atoms with E-state index in [1.807, 2.05) is 12.1 Å². The van der Waals surface area contributed by atoms with Gasteiger partial charge in [-0.2, -0.15) is 0 Å². The van der Waals surface area contributed by atoms with Gasteiger partial charge in [-0.3, -0.25) is 4.39 Å². The molecule has 0 saturated carbocycles. The Morgan fingerprint density at radius 3 is 2.00 bits per heavy atom. The third kappa shape index (κ3) is 2.83. The van der Waals surface area contributed by atoms with Crippen LogP contribution in [-0.2, 0) is 11.8 Å². The topological polar surface area (TPSA) is 0 Å². The molecule has 13 heavy (non-hydrogen) atoms. The van der Waals surface area contributed by atoms with Crippen molar-refractivity contribution in [3.05, 3.63) is 35.4 Å². The third-order valence-corrected chi connectivity index (χ3v) is 2.20. The lowest BCUT2D eigenvalue weighted by molar-refractivity contribution is 0.495. The Balaban J connectivity index is 2.81. The van der Waals surface area contributed by atoms with Gasteiger partial charge >= 0.3 is 0 Å². The van der Waals surface area contributed by atoms with Gasteiger partial charge in [0.15, 0.2) is 0 Å². The molecule has 0 atom stereocenters. The molecule has 0 aliphatic heterocycles. The Bertz CT molecular complexity index is 253. The van der Waals surface area contributed by atoms with Crippen LogP contribution in [0.4, 0.5) is 4.39 Å². The molecule has 1 aromatic rings. The van der Waals surface area contributed by atoms with Crippen molar-refractivity contribution in [3.63, 3.8) is 0 Å². The first-order chi connectivity index (χ1) is 6.04. The summed E-state index contributed by atoms with van der Waals surface area (Å²) < 4.78 is 12.0. The molecule has 1 aromatic carbocycles. The van der Waals surface area contributed by atoms with Gasteiger partial charge in [0, 0.05) is 6.42 Å². The number of hydrogen-bond donors (Lipinski definition) is 0. The molecule has 1 heteroatoms. The van der Waals surface area contributed by atoms with Crippen molar-refractivity contribution in [3.8, 4) is 0 Å². The Morgan fingerprint density at radius 1 is 1.08 bits per heavy atom. The third-order valence-electron chi connectivity index (χ3n) is 2.20. The van der Waals surface area contributed by atoms with Crippen LogP contribution in [0.3, 0.4) is 0 Å². The molecule has 0 fully saturated rings. The molecule has 0 aromatic heterocycles. The van der Waals surface area contributed by atoms with Gasteiger partial charge in [0.1, 0.15) is 0 Å². The van der Waals surface area contributed by atoms with Crippen molar-refractivity contribution < 1.29 is 4.39 Å². The summed E-state index contributed by atoms with van der Waals surface area (Å²) in [6, 6.07) is 8.20. The second-order valence-electron chi connectivity index (χ2n) is 4.39.